The Morgan fingerprint density at radius 2 is 1.86 bits per heavy atom. The highest BCUT2D eigenvalue weighted by atomic mass is 16.6. The summed E-state index contributed by atoms with van der Waals surface area (Å²) in [5, 5.41) is 8.14. The van der Waals surface area contributed by atoms with Crippen LogP contribution in [0, 0.1) is 11.3 Å². The molecule has 5 nitrogen and oxygen atoms in total. The minimum Gasteiger partial charge on any atom is -0.462 e. The van der Waals surface area contributed by atoms with Crippen LogP contribution in [0.2, 0.25) is 0 Å². The largest absolute Gasteiger partial charge is 0.462 e. The molecule has 0 heterocycles. The van der Waals surface area contributed by atoms with Crippen molar-refractivity contribution in [2.75, 3.05) is 33.0 Å². The average Bonchev–Trinajstić information content (AvgIpc) is 2.17. The lowest BCUT2D eigenvalue weighted by atomic mass is 10.5. The van der Waals surface area contributed by atoms with Crippen LogP contribution in [-0.4, -0.2) is 39.0 Å². The van der Waals surface area contributed by atoms with Crippen LogP contribution in [0.4, 0.5) is 0 Å². The molecule has 0 spiro atoms. The standard InChI is InChI=1S/C9H15NO4/c1-2-12-5-6-13-7-8-14-9(11)3-4-10/h2-3,5-8H2,1H3. The third-order valence-corrected chi connectivity index (χ3v) is 1.29. The van der Waals surface area contributed by atoms with Gasteiger partial charge in [0.1, 0.15) is 13.0 Å². The van der Waals surface area contributed by atoms with E-state index in [4.69, 9.17) is 14.7 Å². The zero-order valence-corrected chi connectivity index (χ0v) is 8.32. The van der Waals surface area contributed by atoms with Gasteiger partial charge >= 0.3 is 5.97 Å². The lowest BCUT2D eigenvalue weighted by Crippen LogP contribution is -2.12. The molecule has 0 radical (unpaired) electrons. The van der Waals surface area contributed by atoms with E-state index in [1.165, 1.54) is 0 Å². The second kappa shape index (κ2) is 9.96. The summed E-state index contributed by atoms with van der Waals surface area (Å²) in [4.78, 5) is 10.7. The van der Waals surface area contributed by atoms with Gasteiger partial charge in [-0.25, -0.2) is 0 Å². The molecule has 0 aliphatic rings. The molecular weight excluding hydrogens is 186 g/mol. The Balaban J connectivity index is 3.06. The molecule has 0 aromatic heterocycles. The van der Waals surface area contributed by atoms with E-state index in [1.807, 2.05) is 6.92 Å². The van der Waals surface area contributed by atoms with E-state index < -0.39 is 5.97 Å². The molecule has 0 aromatic carbocycles. The Bertz CT molecular complexity index is 188. The van der Waals surface area contributed by atoms with Crippen molar-refractivity contribution >= 4 is 5.97 Å². The molecule has 14 heavy (non-hydrogen) atoms. The Morgan fingerprint density at radius 1 is 1.21 bits per heavy atom. The molecule has 0 aromatic rings. The molecule has 0 saturated heterocycles. The van der Waals surface area contributed by atoms with Crippen LogP contribution in [0.3, 0.4) is 0 Å². The van der Waals surface area contributed by atoms with Crippen molar-refractivity contribution in [3.8, 4) is 6.07 Å². The summed E-state index contributed by atoms with van der Waals surface area (Å²) in [6.07, 6.45) is -0.209. The number of hydrogen-bond donors (Lipinski definition) is 0. The van der Waals surface area contributed by atoms with Gasteiger partial charge in [0.2, 0.25) is 0 Å². The van der Waals surface area contributed by atoms with Gasteiger partial charge in [0.25, 0.3) is 0 Å². The number of ether oxygens (including phenoxy) is 3. The van der Waals surface area contributed by atoms with E-state index in [0.717, 1.165) is 0 Å². The zero-order valence-electron chi connectivity index (χ0n) is 8.32. The van der Waals surface area contributed by atoms with Gasteiger partial charge in [0.15, 0.2) is 0 Å². The SMILES string of the molecule is CCOCCOCCOC(=O)CC#N. The predicted molar refractivity (Wildman–Crippen MR) is 48.5 cm³/mol. The van der Waals surface area contributed by atoms with Crippen molar-refractivity contribution in [1.82, 2.24) is 0 Å². The van der Waals surface area contributed by atoms with Crippen molar-refractivity contribution in [2.45, 2.75) is 13.3 Å². The molecular formula is C9H15NO4. The molecule has 0 aliphatic carbocycles. The van der Waals surface area contributed by atoms with Crippen LogP contribution in [0.1, 0.15) is 13.3 Å². The summed E-state index contributed by atoms with van der Waals surface area (Å²) in [6, 6.07) is 1.70. The van der Waals surface area contributed by atoms with Crippen LogP contribution in [0.15, 0.2) is 0 Å². The molecule has 0 unspecified atom stereocenters. The first-order valence-electron chi connectivity index (χ1n) is 4.49. The summed E-state index contributed by atoms with van der Waals surface area (Å²) in [5.41, 5.74) is 0. The molecule has 80 valence electrons. The number of nitriles is 1. The summed E-state index contributed by atoms with van der Waals surface area (Å²) < 4.78 is 14.8. The molecule has 0 N–H and O–H groups in total. The van der Waals surface area contributed by atoms with Gasteiger partial charge < -0.3 is 14.2 Å². The number of nitrogens with zero attached hydrogens (tertiary/aromatic N) is 1. The van der Waals surface area contributed by atoms with Crippen molar-refractivity contribution in [1.29, 1.82) is 5.26 Å². The second-order valence-corrected chi connectivity index (χ2v) is 2.36. The quantitative estimate of drug-likeness (QED) is 0.422. The summed E-state index contributed by atoms with van der Waals surface area (Å²) in [6.45, 7) is 4.13. The zero-order chi connectivity index (χ0) is 10.6. The highest BCUT2D eigenvalue weighted by Crippen LogP contribution is 1.85. The van der Waals surface area contributed by atoms with E-state index >= 15 is 0 Å². The third-order valence-electron chi connectivity index (χ3n) is 1.29. The van der Waals surface area contributed by atoms with Crippen LogP contribution in [0.25, 0.3) is 0 Å². The van der Waals surface area contributed by atoms with Gasteiger partial charge in [-0.1, -0.05) is 0 Å². The van der Waals surface area contributed by atoms with Crippen LogP contribution in [-0.2, 0) is 19.0 Å². The Hall–Kier alpha value is -1.12. The van der Waals surface area contributed by atoms with Gasteiger partial charge in [-0.2, -0.15) is 5.26 Å². The second-order valence-electron chi connectivity index (χ2n) is 2.36. The van der Waals surface area contributed by atoms with E-state index in [9.17, 15) is 4.79 Å². The summed E-state index contributed by atoms with van der Waals surface area (Å²) in [7, 11) is 0. The minimum atomic E-state index is -0.513. The first-order chi connectivity index (χ1) is 6.81. The van der Waals surface area contributed by atoms with Crippen molar-refractivity contribution < 1.29 is 19.0 Å². The lowest BCUT2D eigenvalue weighted by Gasteiger charge is -2.04. The molecule has 0 fully saturated rings. The van der Waals surface area contributed by atoms with Crippen LogP contribution in [0.5, 0.6) is 0 Å². The van der Waals surface area contributed by atoms with Crippen molar-refractivity contribution in [3.05, 3.63) is 0 Å². The molecule has 0 amide bonds. The highest BCUT2D eigenvalue weighted by Gasteiger charge is 1.99. The van der Waals surface area contributed by atoms with Gasteiger partial charge in [0.05, 0.1) is 25.9 Å². The van der Waals surface area contributed by atoms with E-state index in [0.29, 0.717) is 26.4 Å². The number of hydrogen-bond acceptors (Lipinski definition) is 5. The Kier molecular flexibility index (Phi) is 9.17. The average molecular weight is 201 g/mol. The molecule has 0 bridgehead atoms. The maximum absolute atomic E-state index is 10.7. The van der Waals surface area contributed by atoms with Crippen LogP contribution >= 0.6 is 0 Å². The first kappa shape index (κ1) is 12.9. The lowest BCUT2D eigenvalue weighted by molar-refractivity contribution is -0.144. The van der Waals surface area contributed by atoms with E-state index in [-0.39, 0.29) is 13.0 Å². The smallest absolute Gasteiger partial charge is 0.320 e. The fourth-order valence-electron chi connectivity index (χ4n) is 0.694. The maximum Gasteiger partial charge on any atom is 0.320 e. The third kappa shape index (κ3) is 8.97. The normalized spacial score (nSPS) is 9.43. The number of carbonyl (C=O) groups is 1. The van der Waals surface area contributed by atoms with Gasteiger partial charge in [-0.05, 0) is 6.92 Å². The highest BCUT2D eigenvalue weighted by molar-refractivity contribution is 5.71. The van der Waals surface area contributed by atoms with Crippen molar-refractivity contribution in [2.24, 2.45) is 0 Å². The first-order valence-corrected chi connectivity index (χ1v) is 4.49. The number of esters is 1. The summed E-state index contributed by atoms with van der Waals surface area (Å²) in [5.74, 6) is -0.513. The Morgan fingerprint density at radius 3 is 2.50 bits per heavy atom. The minimum absolute atomic E-state index is 0.187. The fraction of sp³-hybridized carbons (Fsp3) is 0.778. The molecule has 5 heteroatoms. The van der Waals surface area contributed by atoms with Crippen LogP contribution < -0.4 is 0 Å². The predicted octanol–water partition coefficient (Wildman–Crippen LogP) is 0.496. The molecule has 0 saturated carbocycles. The summed E-state index contributed by atoms with van der Waals surface area (Å²) >= 11 is 0. The Labute approximate surface area is 83.6 Å². The topological polar surface area (TPSA) is 68.6 Å². The van der Waals surface area contributed by atoms with Gasteiger partial charge in [0, 0.05) is 6.61 Å². The van der Waals surface area contributed by atoms with E-state index in [2.05, 4.69) is 4.74 Å². The maximum atomic E-state index is 10.7. The number of carbonyl (C=O) groups excluding carboxylic acids is 1. The van der Waals surface area contributed by atoms with Crippen molar-refractivity contribution in [3.63, 3.8) is 0 Å². The van der Waals surface area contributed by atoms with E-state index in [1.54, 1.807) is 6.07 Å². The number of rotatable bonds is 8. The van der Waals surface area contributed by atoms with Gasteiger partial charge in [-0.15, -0.1) is 0 Å². The molecule has 0 aliphatic heterocycles. The molecule has 0 rings (SSSR count). The fourth-order valence-corrected chi connectivity index (χ4v) is 0.694. The monoisotopic (exact) mass is 201 g/mol. The molecule has 0 atom stereocenters. The van der Waals surface area contributed by atoms with Gasteiger partial charge in [-0.3, -0.25) is 4.79 Å².